The lowest BCUT2D eigenvalue weighted by Crippen LogP contribution is -2.55. The summed E-state index contributed by atoms with van der Waals surface area (Å²) in [6, 6.07) is 9.13. The van der Waals surface area contributed by atoms with E-state index in [4.69, 9.17) is 11.6 Å². The lowest BCUT2D eigenvalue weighted by molar-refractivity contribution is 0.0946. The highest BCUT2D eigenvalue weighted by Gasteiger charge is 2.30. The third-order valence-corrected chi connectivity index (χ3v) is 3.88. The molecule has 3 rings (SSSR count). The Labute approximate surface area is 128 Å². The van der Waals surface area contributed by atoms with Gasteiger partial charge in [0.15, 0.2) is 0 Å². The zero-order valence-corrected chi connectivity index (χ0v) is 12.5. The van der Waals surface area contributed by atoms with Crippen molar-refractivity contribution in [2.24, 2.45) is 0 Å². The molecule has 0 radical (unpaired) electrons. The molecule has 1 aromatic heterocycles. The number of carbonyl (C=O) groups is 1. The second kappa shape index (κ2) is 5.87. The number of rotatable bonds is 3. The van der Waals surface area contributed by atoms with Crippen LogP contribution in [0, 0.1) is 6.92 Å². The minimum absolute atomic E-state index is 0.0199. The minimum Gasteiger partial charge on any atom is -0.358 e. The van der Waals surface area contributed by atoms with Crippen LogP contribution in [0.2, 0.25) is 5.02 Å². The fourth-order valence-corrected chi connectivity index (χ4v) is 2.80. The van der Waals surface area contributed by atoms with Crippen molar-refractivity contribution in [1.29, 1.82) is 0 Å². The number of nitrogens with one attached hydrogen (secondary N) is 2. The Bertz CT molecular complexity index is 655. The first kappa shape index (κ1) is 14.1. The summed E-state index contributed by atoms with van der Waals surface area (Å²) in [7, 11) is 0. The van der Waals surface area contributed by atoms with Gasteiger partial charge in [-0.25, -0.2) is 0 Å². The number of Topliss-reactive ketones (excluding diaryl/α,β-unsaturated/α-hetero) is 1. The molecule has 0 saturated carbocycles. The number of anilines is 1. The van der Waals surface area contributed by atoms with Gasteiger partial charge in [0.1, 0.15) is 11.7 Å². The number of hydrogen-bond acceptors (Lipinski definition) is 4. The molecule has 1 fully saturated rings. The quantitative estimate of drug-likeness (QED) is 0.852. The number of hydrogen-bond donors (Lipinski definition) is 2. The molecule has 0 aliphatic carbocycles. The molecule has 1 atom stereocenters. The van der Waals surface area contributed by atoms with Crippen LogP contribution in [0.5, 0.6) is 0 Å². The van der Waals surface area contributed by atoms with E-state index in [1.165, 1.54) is 0 Å². The summed E-state index contributed by atoms with van der Waals surface area (Å²) >= 11 is 6.07. The van der Waals surface area contributed by atoms with Gasteiger partial charge in [-0.3, -0.25) is 9.89 Å². The average Bonchev–Trinajstić information content (AvgIpc) is 2.93. The van der Waals surface area contributed by atoms with Crippen LogP contribution in [0.25, 0.3) is 0 Å². The topological polar surface area (TPSA) is 61.0 Å². The molecule has 1 unspecified atom stereocenters. The largest absolute Gasteiger partial charge is 0.358 e. The summed E-state index contributed by atoms with van der Waals surface area (Å²) in [4.78, 5) is 14.8. The molecule has 2 N–H and O–H groups in total. The van der Waals surface area contributed by atoms with Gasteiger partial charge in [-0.05, 0) is 31.2 Å². The number of piperazine rings is 1. The number of halogens is 1. The van der Waals surface area contributed by atoms with Crippen molar-refractivity contribution in [3.8, 4) is 0 Å². The van der Waals surface area contributed by atoms with Gasteiger partial charge < -0.3 is 10.2 Å². The van der Waals surface area contributed by atoms with Crippen molar-refractivity contribution in [1.82, 2.24) is 15.5 Å². The smallest absolute Gasteiger partial charge is 0.206 e. The van der Waals surface area contributed by atoms with Crippen molar-refractivity contribution < 1.29 is 4.79 Å². The first-order chi connectivity index (χ1) is 10.1. The van der Waals surface area contributed by atoms with Gasteiger partial charge >= 0.3 is 0 Å². The molecule has 2 heterocycles. The van der Waals surface area contributed by atoms with E-state index >= 15 is 0 Å². The predicted octanol–water partition coefficient (Wildman–Crippen LogP) is 2.03. The van der Waals surface area contributed by atoms with E-state index in [9.17, 15) is 4.79 Å². The lowest BCUT2D eigenvalue weighted by Gasteiger charge is -2.36. The maximum Gasteiger partial charge on any atom is 0.206 e. The Hall–Kier alpha value is -1.85. The van der Waals surface area contributed by atoms with E-state index in [0.717, 1.165) is 24.5 Å². The van der Waals surface area contributed by atoms with Gasteiger partial charge in [0.05, 0.1) is 0 Å². The molecule has 21 heavy (non-hydrogen) atoms. The molecule has 1 saturated heterocycles. The molecular formula is C15H17ClN4O. The standard InChI is InChI=1S/C15H17ClN4O/c1-10-7-13(19-18-10)15(21)14-9-17-5-6-20(14)12-4-2-3-11(16)8-12/h2-4,7-8,14,17H,5-6,9H2,1H3,(H,18,19). The number of carbonyl (C=O) groups excluding carboxylic acids is 1. The SMILES string of the molecule is Cc1cc(C(=O)C2CNCCN2c2cccc(Cl)c2)n[nH]1. The molecule has 0 bridgehead atoms. The summed E-state index contributed by atoms with van der Waals surface area (Å²) in [5, 5.41) is 10.9. The number of aromatic amines is 1. The molecule has 0 spiro atoms. The highest BCUT2D eigenvalue weighted by atomic mass is 35.5. The Morgan fingerprint density at radius 2 is 2.29 bits per heavy atom. The zero-order valence-electron chi connectivity index (χ0n) is 11.8. The summed E-state index contributed by atoms with van der Waals surface area (Å²) in [5.74, 6) is 0.0199. The van der Waals surface area contributed by atoms with Gasteiger partial charge in [0.25, 0.3) is 0 Å². The van der Waals surface area contributed by atoms with E-state index in [-0.39, 0.29) is 11.8 Å². The summed E-state index contributed by atoms with van der Waals surface area (Å²) < 4.78 is 0. The number of nitrogens with zero attached hydrogens (tertiary/aromatic N) is 2. The van der Waals surface area contributed by atoms with Crippen molar-refractivity contribution in [3.63, 3.8) is 0 Å². The summed E-state index contributed by atoms with van der Waals surface area (Å²) in [5.41, 5.74) is 2.33. The molecule has 1 aliphatic heterocycles. The Balaban J connectivity index is 1.89. The van der Waals surface area contributed by atoms with Crippen LogP contribution >= 0.6 is 11.6 Å². The van der Waals surface area contributed by atoms with Crippen molar-refractivity contribution in [2.75, 3.05) is 24.5 Å². The van der Waals surface area contributed by atoms with E-state index in [0.29, 0.717) is 17.3 Å². The molecule has 5 nitrogen and oxygen atoms in total. The van der Waals surface area contributed by atoms with Crippen LogP contribution in [0.15, 0.2) is 30.3 Å². The zero-order chi connectivity index (χ0) is 14.8. The van der Waals surface area contributed by atoms with Crippen molar-refractivity contribution >= 4 is 23.1 Å². The Morgan fingerprint density at radius 1 is 1.43 bits per heavy atom. The Morgan fingerprint density at radius 3 is 3.00 bits per heavy atom. The molecular weight excluding hydrogens is 288 g/mol. The number of aromatic nitrogens is 2. The monoisotopic (exact) mass is 304 g/mol. The van der Waals surface area contributed by atoms with Crippen LogP contribution in [0.1, 0.15) is 16.2 Å². The fraction of sp³-hybridized carbons (Fsp3) is 0.333. The Kier molecular flexibility index (Phi) is 3.94. The lowest BCUT2D eigenvalue weighted by atomic mass is 10.0. The fourth-order valence-electron chi connectivity index (χ4n) is 2.62. The van der Waals surface area contributed by atoms with Gasteiger partial charge in [-0.1, -0.05) is 17.7 Å². The van der Waals surface area contributed by atoms with E-state index < -0.39 is 0 Å². The van der Waals surface area contributed by atoms with Crippen LogP contribution in [0.3, 0.4) is 0 Å². The van der Waals surface area contributed by atoms with Crippen LogP contribution < -0.4 is 10.2 Å². The minimum atomic E-state index is -0.264. The molecule has 0 amide bonds. The van der Waals surface area contributed by atoms with E-state index in [1.807, 2.05) is 31.2 Å². The third kappa shape index (κ3) is 2.94. The summed E-state index contributed by atoms with van der Waals surface area (Å²) in [6.45, 7) is 4.10. The second-order valence-electron chi connectivity index (χ2n) is 5.19. The van der Waals surface area contributed by atoms with Crippen LogP contribution in [-0.2, 0) is 0 Å². The number of H-pyrrole nitrogens is 1. The molecule has 1 aliphatic rings. The normalized spacial score (nSPS) is 18.8. The highest BCUT2D eigenvalue weighted by molar-refractivity contribution is 6.30. The van der Waals surface area contributed by atoms with Crippen molar-refractivity contribution in [2.45, 2.75) is 13.0 Å². The first-order valence-corrected chi connectivity index (χ1v) is 7.32. The average molecular weight is 305 g/mol. The maximum absolute atomic E-state index is 12.7. The summed E-state index contributed by atoms with van der Waals surface area (Å²) in [6.07, 6.45) is 0. The number of aryl methyl sites for hydroxylation is 1. The molecule has 110 valence electrons. The van der Waals surface area contributed by atoms with Crippen LogP contribution in [0.4, 0.5) is 5.69 Å². The second-order valence-corrected chi connectivity index (χ2v) is 5.63. The van der Waals surface area contributed by atoms with Crippen molar-refractivity contribution in [3.05, 3.63) is 46.7 Å². The third-order valence-electron chi connectivity index (χ3n) is 3.64. The van der Waals surface area contributed by atoms with Gasteiger partial charge in [-0.2, -0.15) is 5.10 Å². The number of benzene rings is 1. The first-order valence-electron chi connectivity index (χ1n) is 6.94. The van der Waals surface area contributed by atoms with Gasteiger partial charge in [-0.15, -0.1) is 0 Å². The van der Waals surface area contributed by atoms with Gasteiger partial charge in [0, 0.05) is 36.0 Å². The molecule has 6 heteroatoms. The van der Waals surface area contributed by atoms with E-state index in [2.05, 4.69) is 20.4 Å². The maximum atomic E-state index is 12.7. The molecule has 1 aromatic carbocycles. The highest BCUT2D eigenvalue weighted by Crippen LogP contribution is 2.23. The van der Waals surface area contributed by atoms with E-state index in [1.54, 1.807) is 6.07 Å². The van der Waals surface area contributed by atoms with Gasteiger partial charge in [0.2, 0.25) is 5.78 Å². The number of ketones is 1. The molecule has 2 aromatic rings. The predicted molar refractivity (Wildman–Crippen MR) is 83.1 cm³/mol. The van der Waals surface area contributed by atoms with Crippen LogP contribution in [-0.4, -0.2) is 41.7 Å².